The Morgan fingerprint density at radius 3 is 2.00 bits per heavy atom. The maximum atomic E-state index is 13.7. The molecule has 2 heterocycles. The molecule has 0 unspecified atom stereocenters. The van der Waals surface area contributed by atoms with Gasteiger partial charge in [-0.1, -0.05) is 24.3 Å². The molecule has 0 N–H and O–H groups in total. The zero-order chi connectivity index (χ0) is 26.5. The first-order chi connectivity index (χ1) is 18.5. The molecule has 2 aliphatic rings. The molecule has 2 fully saturated rings. The largest absolute Gasteiger partial charge is 0.370 e. The summed E-state index contributed by atoms with van der Waals surface area (Å²) in [6.45, 7) is 8.25. The normalized spacial score (nSPS) is 17.9. The van der Waals surface area contributed by atoms with Crippen LogP contribution in [0, 0.1) is 23.0 Å². The summed E-state index contributed by atoms with van der Waals surface area (Å²) in [4.78, 5) is 9.59. The van der Waals surface area contributed by atoms with E-state index in [0.717, 1.165) is 87.6 Å². The number of hydrogen-bond donors (Lipinski definition) is 0. The van der Waals surface area contributed by atoms with Crippen molar-refractivity contribution in [3.63, 3.8) is 0 Å². The number of anilines is 1. The van der Waals surface area contributed by atoms with Crippen LogP contribution in [0.15, 0.2) is 66.7 Å². The maximum Gasteiger partial charge on any atom is 0.123 e. The molecule has 0 bridgehead atoms. The van der Waals surface area contributed by atoms with Gasteiger partial charge in [0.25, 0.3) is 0 Å². The van der Waals surface area contributed by atoms with E-state index in [4.69, 9.17) is 0 Å². The third-order valence-corrected chi connectivity index (χ3v) is 7.83. The second-order valence-electron chi connectivity index (χ2n) is 10.4. The van der Waals surface area contributed by atoms with Crippen molar-refractivity contribution >= 4 is 5.69 Å². The van der Waals surface area contributed by atoms with Crippen LogP contribution in [-0.4, -0.2) is 74.1 Å². The predicted octanol–water partition coefficient (Wildman–Crippen LogP) is 4.89. The highest BCUT2D eigenvalue weighted by molar-refractivity contribution is 5.54. The van der Waals surface area contributed by atoms with E-state index in [-0.39, 0.29) is 17.7 Å². The molecule has 2 saturated heterocycles. The van der Waals surface area contributed by atoms with Crippen molar-refractivity contribution in [1.29, 1.82) is 5.26 Å². The van der Waals surface area contributed by atoms with Gasteiger partial charge in [0.2, 0.25) is 0 Å². The summed E-state index contributed by atoms with van der Waals surface area (Å²) in [6.07, 6.45) is 1.14. The average Bonchev–Trinajstić information content (AvgIpc) is 3.16. The summed E-state index contributed by atoms with van der Waals surface area (Å²) in [5.41, 5.74) is 4.99. The molecule has 0 aromatic heterocycles. The molecule has 0 atom stereocenters. The van der Waals surface area contributed by atoms with E-state index < -0.39 is 0 Å². The van der Waals surface area contributed by atoms with Gasteiger partial charge in [-0.05, 0) is 79.2 Å². The molecule has 3 aromatic carbocycles. The van der Waals surface area contributed by atoms with Crippen LogP contribution in [-0.2, 0) is 6.54 Å². The molecule has 3 aromatic rings. The topological polar surface area (TPSA) is 36.8 Å². The standard InChI is InChI=1S/C31H35F2N5/c1-35-13-2-14-37(18-15-35)30-12-7-26(22-34)27(21-30)23-36-16-19-38(20-17-36)31(24-3-8-28(32)9-4-24)25-5-10-29(33)11-6-25/h3-12,21,31H,2,13-20,23H2,1H3. The van der Waals surface area contributed by atoms with E-state index in [1.807, 2.05) is 30.3 Å². The Bertz CT molecular complexity index is 1200. The van der Waals surface area contributed by atoms with Crippen LogP contribution in [0.3, 0.4) is 0 Å². The first-order valence-corrected chi connectivity index (χ1v) is 13.4. The van der Waals surface area contributed by atoms with Crippen LogP contribution in [0.25, 0.3) is 0 Å². The third kappa shape index (κ3) is 6.21. The summed E-state index contributed by atoms with van der Waals surface area (Å²) in [5.74, 6) is -0.529. The molecule has 0 spiro atoms. The molecule has 198 valence electrons. The third-order valence-electron chi connectivity index (χ3n) is 7.83. The molecular weight excluding hydrogens is 480 g/mol. The predicted molar refractivity (Wildman–Crippen MR) is 147 cm³/mol. The Kier molecular flexibility index (Phi) is 8.33. The summed E-state index contributed by atoms with van der Waals surface area (Å²) in [7, 11) is 2.17. The van der Waals surface area contributed by atoms with Crippen molar-refractivity contribution in [3.05, 3.63) is 101 Å². The quantitative estimate of drug-likeness (QED) is 0.468. The van der Waals surface area contributed by atoms with Crippen LogP contribution >= 0.6 is 0 Å². The van der Waals surface area contributed by atoms with Crippen molar-refractivity contribution in [2.45, 2.75) is 19.0 Å². The van der Waals surface area contributed by atoms with E-state index in [1.165, 1.54) is 30.0 Å². The van der Waals surface area contributed by atoms with Crippen LogP contribution in [0.1, 0.15) is 34.7 Å². The van der Waals surface area contributed by atoms with Crippen LogP contribution in [0.4, 0.5) is 14.5 Å². The van der Waals surface area contributed by atoms with Crippen molar-refractivity contribution in [2.24, 2.45) is 0 Å². The van der Waals surface area contributed by atoms with Crippen LogP contribution < -0.4 is 4.90 Å². The minimum absolute atomic E-state index is 0.0717. The van der Waals surface area contributed by atoms with E-state index in [0.29, 0.717) is 0 Å². The van der Waals surface area contributed by atoms with Crippen molar-refractivity contribution in [3.8, 4) is 6.07 Å². The second kappa shape index (κ2) is 12.0. The van der Waals surface area contributed by atoms with Gasteiger partial charge in [-0.15, -0.1) is 0 Å². The lowest BCUT2D eigenvalue weighted by molar-refractivity contribution is 0.105. The number of likely N-dealkylation sites (N-methyl/N-ethyl adjacent to an activating group) is 1. The van der Waals surface area contributed by atoms with E-state index in [2.05, 4.69) is 44.8 Å². The van der Waals surface area contributed by atoms with Gasteiger partial charge in [-0.3, -0.25) is 9.80 Å². The van der Waals surface area contributed by atoms with E-state index >= 15 is 0 Å². The monoisotopic (exact) mass is 515 g/mol. The number of rotatable bonds is 6. The van der Waals surface area contributed by atoms with Crippen molar-refractivity contribution < 1.29 is 8.78 Å². The van der Waals surface area contributed by atoms with E-state index in [1.54, 1.807) is 0 Å². The van der Waals surface area contributed by atoms with Gasteiger partial charge in [0.05, 0.1) is 17.7 Å². The molecule has 2 aliphatic heterocycles. The van der Waals surface area contributed by atoms with Gasteiger partial charge in [-0.2, -0.15) is 5.26 Å². The zero-order valence-electron chi connectivity index (χ0n) is 22.0. The van der Waals surface area contributed by atoms with Gasteiger partial charge in [0, 0.05) is 58.0 Å². The number of benzene rings is 3. The molecule has 0 radical (unpaired) electrons. The molecular formula is C31H35F2N5. The first kappa shape index (κ1) is 26.3. The smallest absolute Gasteiger partial charge is 0.123 e. The number of hydrogen-bond acceptors (Lipinski definition) is 5. The fourth-order valence-electron chi connectivity index (χ4n) is 5.65. The lowest BCUT2D eigenvalue weighted by Gasteiger charge is -2.40. The highest BCUT2D eigenvalue weighted by Gasteiger charge is 2.27. The number of halogens is 2. The number of nitriles is 1. The van der Waals surface area contributed by atoms with Gasteiger partial charge in [0.1, 0.15) is 11.6 Å². The molecule has 5 rings (SSSR count). The lowest BCUT2D eigenvalue weighted by atomic mass is 9.96. The highest BCUT2D eigenvalue weighted by atomic mass is 19.1. The Morgan fingerprint density at radius 1 is 0.763 bits per heavy atom. The highest BCUT2D eigenvalue weighted by Crippen LogP contribution is 2.31. The summed E-state index contributed by atoms with van der Waals surface area (Å²) in [5, 5.41) is 9.78. The Hall–Kier alpha value is -3.31. The van der Waals surface area contributed by atoms with Gasteiger partial charge < -0.3 is 9.80 Å². The molecule has 38 heavy (non-hydrogen) atoms. The molecule has 5 nitrogen and oxygen atoms in total. The summed E-state index contributed by atoms with van der Waals surface area (Å²) in [6, 6.07) is 21.8. The second-order valence-corrected chi connectivity index (χ2v) is 10.4. The van der Waals surface area contributed by atoms with Crippen molar-refractivity contribution in [2.75, 3.05) is 64.3 Å². The molecule has 0 amide bonds. The number of nitrogens with zero attached hydrogens (tertiary/aromatic N) is 5. The lowest BCUT2D eigenvalue weighted by Crippen LogP contribution is -2.47. The molecule has 0 aliphatic carbocycles. The molecule has 7 heteroatoms. The zero-order valence-corrected chi connectivity index (χ0v) is 22.0. The fraction of sp³-hybridized carbons (Fsp3) is 0.387. The Balaban J connectivity index is 1.29. The van der Waals surface area contributed by atoms with Crippen molar-refractivity contribution in [1.82, 2.24) is 14.7 Å². The SMILES string of the molecule is CN1CCCN(c2ccc(C#N)c(CN3CCN(C(c4ccc(F)cc4)c4ccc(F)cc4)CC3)c2)CC1. The number of piperazine rings is 1. The van der Waals surface area contributed by atoms with E-state index in [9.17, 15) is 14.0 Å². The first-order valence-electron chi connectivity index (χ1n) is 13.4. The average molecular weight is 516 g/mol. The Morgan fingerprint density at radius 2 is 1.39 bits per heavy atom. The fourth-order valence-corrected chi connectivity index (χ4v) is 5.65. The van der Waals surface area contributed by atoms with Gasteiger partial charge in [-0.25, -0.2) is 8.78 Å². The minimum Gasteiger partial charge on any atom is -0.370 e. The Labute approximate surface area is 224 Å². The molecule has 0 saturated carbocycles. The minimum atomic E-state index is -0.265. The summed E-state index contributed by atoms with van der Waals surface area (Å²) >= 11 is 0. The van der Waals surface area contributed by atoms with Crippen LogP contribution in [0.2, 0.25) is 0 Å². The summed E-state index contributed by atoms with van der Waals surface area (Å²) < 4.78 is 27.3. The van der Waals surface area contributed by atoms with Gasteiger partial charge in [0.15, 0.2) is 0 Å². The van der Waals surface area contributed by atoms with Gasteiger partial charge >= 0.3 is 0 Å². The van der Waals surface area contributed by atoms with Crippen LogP contribution in [0.5, 0.6) is 0 Å². The maximum absolute atomic E-state index is 13.7.